The van der Waals surface area contributed by atoms with E-state index in [0.717, 1.165) is 35.6 Å². The molecule has 3 fully saturated rings. The molecule has 0 bridgehead atoms. The van der Waals surface area contributed by atoms with Gasteiger partial charge in [0.25, 0.3) is 16.1 Å². The van der Waals surface area contributed by atoms with E-state index in [2.05, 4.69) is 4.72 Å². The lowest BCUT2D eigenvalue weighted by Gasteiger charge is -2.41. The molecule has 208 valence electrons. The number of nitrogens with zero attached hydrogens (tertiary/aromatic N) is 3. The summed E-state index contributed by atoms with van der Waals surface area (Å²) in [5.41, 5.74) is 0.991. The third-order valence-corrected chi connectivity index (χ3v) is 9.33. The molecule has 0 aromatic heterocycles. The molecular formula is C25H37F3N4O4S. The zero-order valence-electron chi connectivity index (χ0n) is 21.4. The molecule has 2 amide bonds. The summed E-state index contributed by atoms with van der Waals surface area (Å²) >= 11 is 0. The van der Waals surface area contributed by atoms with Crippen LogP contribution in [0.5, 0.6) is 0 Å². The molecule has 0 radical (unpaired) electrons. The van der Waals surface area contributed by atoms with E-state index in [0.29, 0.717) is 6.42 Å². The summed E-state index contributed by atoms with van der Waals surface area (Å²) in [6.07, 6.45) is 3.33. The Bertz CT molecular complexity index is 1050. The molecule has 8 nitrogen and oxygen atoms in total. The highest BCUT2D eigenvalue weighted by Gasteiger charge is 2.43. The van der Waals surface area contributed by atoms with E-state index in [4.69, 9.17) is 4.74 Å². The first-order valence-electron chi connectivity index (χ1n) is 12.9. The summed E-state index contributed by atoms with van der Waals surface area (Å²) in [6.45, 7) is 0.163. The van der Waals surface area contributed by atoms with Gasteiger partial charge in [0.2, 0.25) is 0 Å². The minimum Gasteiger partial charge on any atom is -0.378 e. The number of likely N-dealkylation sites (tertiary alicyclic amines) is 2. The van der Waals surface area contributed by atoms with Crippen LogP contribution in [0.15, 0.2) is 24.3 Å². The van der Waals surface area contributed by atoms with Gasteiger partial charge in [-0.05, 0) is 55.7 Å². The average Bonchev–Trinajstić information content (AvgIpc) is 3.22. The van der Waals surface area contributed by atoms with Gasteiger partial charge in [-0.3, -0.25) is 0 Å². The summed E-state index contributed by atoms with van der Waals surface area (Å²) in [4.78, 5) is 15.7. The van der Waals surface area contributed by atoms with Crippen molar-refractivity contribution in [2.45, 2.75) is 62.5 Å². The van der Waals surface area contributed by atoms with Gasteiger partial charge in [0.15, 0.2) is 0 Å². The number of nitrogens with one attached hydrogen (secondary N) is 1. The van der Waals surface area contributed by atoms with Crippen molar-refractivity contribution < 1.29 is 31.1 Å². The Balaban J connectivity index is 1.36. The predicted octanol–water partition coefficient (Wildman–Crippen LogP) is 3.42. The Morgan fingerprint density at radius 1 is 1.14 bits per heavy atom. The summed E-state index contributed by atoms with van der Waals surface area (Å²) in [7, 11) is -0.817. The highest BCUT2D eigenvalue weighted by Crippen LogP contribution is 2.35. The average molecular weight is 547 g/mol. The third kappa shape index (κ3) is 7.15. The van der Waals surface area contributed by atoms with Crippen LogP contribution in [0, 0.1) is 11.7 Å². The molecule has 2 heterocycles. The van der Waals surface area contributed by atoms with Crippen LogP contribution in [0.4, 0.5) is 18.0 Å². The molecule has 12 heteroatoms. The van der Waals surface area contributed by atoms with Crippen LogP contribution in [0.25, 0.3) is 0 Å². The number of hydrogen-bond donors (Lipinski definition) is 1. The first-order valence-corrected chi connectivity index (χ1v) is 14.4. The zero-order valence-corrected chi connectivity index (χ0v) is 22.2. The largest absolute Gasteiger partial charge is 0.378 e. The van der Waals surface area contributed by atoms with Crippen LogP contribution >= 0.6 is 0 Å². The Morgan fingerprint density at radius 3 is 2.49 bits per heavy atom. The summed E-state index contributed by atoms with van der Waals surface area (Å²) in [5, 5.41) is 0. The van der Waals surface area contributed by atoms with Gasteiger partial charge in [0, 0.05) is 52.1 Å². The highest BCUT2D eigenvalue weighted by atomic mass is 32.2. The minimum atomic E-state index is -3.70. The van der Waals surface area contributed by atoms with Gasteiger partial charge >= 0.3 is 6.03 Å². The molecule has 1 aromatic rings. The number of urea groups is 1. The van der Waals surface area contributed by atoms with Crippen molar-refractivity contribution >= 4 is 16.2 Å². The summed E-state index contributed by atoms with van der Waals surface area (Å²) in [6, 6.07) is 5.80. The molecule has 1 aromatic carbocycles. The summed E-state index contributed by atoms with van der Waals surface area (Å²) in [5.74, 6) is -3.16. The number of alkyl halides is 2. The second kappa shape index (κ2) is 11.5. The predicted molar refractivity (Wildman–Crippen MR) is 133 cm³/mol. The molecule has 1 saturated carbocycles. The molecule has 3 aliphatic rings. The van der Waals surface area contributed by atoms with Gasteiger partial charge in [-0.2, -0.15) is 17.4 Å². The van der Waals surface area contributed by atoms with Crippen molar-refractivity contribution in [1.82, 2.24) is 18.8 Å². The highest BCUT2D eigenvalue weighted by molar-refractivity contribution is 7.87. The fraction of sp³-hybridized carbons (Fsp3) is 0.720. The lowest BCUT2D eigenvalue weighted by atomic mass is 9.82. The van der Waals surface area contributed by atoms with Crippen molar-refractivity contribution in [2.24, 2.45) is 5.92 Å². The number of hydrogen-bond acceptors (Lipinski definition) is 4. The van der Waals surface area contributed by atoms with Gasteiger partial charge in [-0.15, -0.1) is 0 Å². The lowest BCUT2D eigenvalue weighted by Crippen LogP contribution is -2.57. The first-order chi connectivity index (χ1) is 17.4. The molecule has 1 aliphatic carbocycles. The number of halogens is 3. The van der Waals surface area contributed by atoms with Crippen molar-refractivity contribution in [3.63, 3.8) is 0 Å². The molecule has 0 unspecified atom stereocenters. The molecule has 0 spiro atoms. The molecule has 2 atom stereocenters. The maximum atomic E-state index is 13.7. The molecule has 2 aliphatic heterocycles. The van der Waals surface area contributed by atoms with E-state index in [-0.39, 0.29) is 56.4 Å². The Labute approximate surface area is 217 Å². The van der Waals surface area contributed by atoms with Crippen LogP contribution in [-0.4, -0.2) is 93.5 Å². The van der Waals surface area contributed by atoms with E-state index < -0.39 is 34.7 Å². The van der Waals surface area contributed by atoms with Crippen molar-refractivity contribution in [3.05, 3.63) is 35.6 Å². The monoisotopic (exact) mass is 546 g/mol. The third-order valence-electron chi connectivity index (χ3n) is 7.77. The normalized spacial score (nSPS) is 28.6. The van der Waals surface area contributed by atoms with E-state index in [9.17, 15) is 26.4 Å². The SMILES string of the molecule is CN(C)S(=O)(=O)N[C@H]1CCN(C(=O)N2CCC(F)(F)C2)C[C@H]1COC1CCC(c2cccc(F)c2)CC1. The number of amides is 2. The topological polar surface area (TPSA) is 82.2 Å². The lowest BCUT2D eigenvalue weighted by molar-refractivity contribution is -0.0154. The Kier molecular flexibility index (Phi) is 8.72. The number of rotatable bonds is 7. The van der Waals surface area contributed by atoms with Crippen LogP contribution in [0.1, 0.15) is 50.0 Å². The maximum absolute atomic E-state index is 13.7. The van der Waals surface area contributed by atoms with Crippen LogP contribution in [0.2, 0.25) is 0 Å². The number of ether oxygens (including phenoxy) is 1. The van der Waals surface area contributed by atoms with Gasteiger partial charge in [-0.25, -0.2) is 18.0 Å². The van der Waals surface area contributed by atoms with E-state index in [1.807, 2.05) is 6.07 Å². The number of benzene rings is 1. The molecule has 4 rings (SSSR count). The molecule has 2 saturated heterocycles. The quantitative estimate of drug-likeness (QED) is 0.568. The molecule has 1 N–H and O–H groups in total. The van der Waals surface area contributed by atoms with Crippen molar-refractivity contribution in [2.75, 3.05) is 46.9 Å². The summed E-state index contributed by atoms with van der Waals surface area (Å²) < 4.78 is 76.0. The Hall–Kier alpha value is -1.89. The smallest absolute Gasteiger partial charge is 0.320 e. The minimum absolute atomic E-state index is 0.00867. The van der Waals surface area contributed by atoms with E-state index in [1.54, 1.807) is 12.1 Å². The zero-order chi connectivity index (χ0) is 26.8. The second-order valence-electron chi connectivity index (χ2n) is 10.7. The van der Waals surface area contributed by atoms with Gasteiger partial charge in [0.05, 0.1) is 19.3 Å². The second-order valence-corrected chi connectivity index (χ2v) is 12.6. The van der Waals surface area contributed by atoms with Crippen LogP contribution in [0.3, 0.4) is 0 Å². The number of carbonyl (C=O) groups excluding carboxylic acids is 1. The molecular weight excluding hydrogens is 509 g/mol. The Morgan fingerprint density at radius 2 is 1.86 bits per heavy atom. The number of piperidine rings is 1. The van der Waals surface area contributed by atoms with Gasteiger partial charge in [-0.1, -0.05) is 12.1 Å². The van der Waals surface area contributed by atoms with Crippen LogP contribution in [-0.2, 0) is 14.9 Å². The first kappa shape index (κ1) is 28.1. The standard InChI is InChI=1S/C25H37F3N4O4S/c1-30(2)37(34,35)29-23-10-12-31(24(33)32-13-11-25(27,28)17-32)15-20(23)16-36-22-8-6-18(7-9-22)19-4-3-5-21(26)14-19/h3-5,14,18,20,22-23,29H,6-13,15-17H2,1-2H3/t18?,20-,22?,23-/m0/s1. The van der Waals surface area contributed by atoms with Crippen LogP contribution < -0.4 is 4.72 Å². The van der Waals surface area contributed by atoms with E-state index >= 15 is 0 Å². The molecule has 37 heavy (non-hydrogen) atoms. The van der Waals surface area contributed by atoms with Gasteiger partial charge < -0.3 is 14.5 Å². The van der Waals surface area contributed by atoms with E-state index in [1.165, 1.54) is 30.0 Å². The maximum Gasteiger partial charge on any atom is 0.320 e. The van der Waals surface area contributed by atoms with Gasteiger partial charge in [0.1, 0.15) is 5.82 Å². The fourth-order valence-electron chi connectivity index (χ4n) is 5.51. The number of carbonyl (C=O) groups is 1. The van der Waals surface area contributed by atoms with Crippen molar-refractivity contribution in [1.29, 1.82) is 0 Å². The fourth-order valence-corrected chi connectivity index (χ4v) is 6.41. The van der Waals surface area contributed by atoms with Crippen molar-refractivity contribution in [3.8, 4) is 0 Å².